The molecule has 1 aliphatic heterocycles. The number of hydrogen-bond donors (Lipinski definition) is 1. The van der Waals surface area contributed by atoms with Crippen molar-refractivity contribution in [3.63, 3.8) is 0 Å². The van der Waals surface area contributed by atoms with E-state index in [0.29, 0.717) is 37.8 Å². The standard InChI is InChI=1S/C12H16N2O4/c1-2-3-9-8(12(15)16)6-13-11(14-9)10-7-17-4-5-18-10/h6,10H,2-5,7H2,1H3,(H,15,16). The molecule has 0 bridgehead atoms. The van der Waals surface area contributed by atoms with E-state index in [1.54, 1.807) is 0 Å². The van der Waals surface area contributed by atoms with Crippen molar-refractivity contribution in [1.29, 1.82) is 0 Å². The zero-order valence-corrected chi connectivity index (χ0v) is 10.3. The van der Waals surface area contributed by atoms with Crippen LogP contribution in [0.15, 0.2) is 6.20 Å². The van der Waals surface area contributed by atoms with Gasteiger partial charge in [0.15, 0.2) is 5.82 Å². The molecule has 6 heteroatoms. The van der Waals surface area contributed by atoms with Crippen LogP contribution in [-0.2, 0) is 15.9 Å². The van der Waals surface area contributed by atoms with Gasteiger partial charge in [-0.15, -0.1) is 0 Å². The molecule has 0 aliphatic carbocycles. The Balaban J connectivity index is 2.26. The van der Waals surface area contributed by atoms with E-state index in [1.165, 1.54) is 6.20 Å². The number of aromatic carboxylic acids is 1. The fourth-order valence-corrected chi connectivity index (χ4v) is 1.83. The smallest absolute Gasteiger partial charge is 0.339 e. The first kappa shape index (κ1) is 12.9. The normalized spacial score (nSPS) is 19.7. The van der Waals surface area contributed by atoms with Crippen LogP contribution in [0.1, 0.15) is 41.3 Å². The van der Waals surface area contributed by atoms with E-state index in [2.05, 4.69) is 9.97 Å². The lowest BCUT2D eigenvalue weighted by molar-refractivity contribution is -0.0936. The largest absolute Gasteiger partial charge is 0.478 e. The molecule has 0 radical (unpaired) electrons. The van der Waals surface area contributed by atoms with Crippen LogP contribution in [0.25, 0.3) is 0 Å². The highest BCUT2D eigenvalue weighted by molar-refractivity contribution is 5.88. The van der Waals surface area contributed by atoms with Gasteiger partial charge in [-0.2, -0.15) is 0 Å². The molecule has 1 atom stereocenters. The summed E-state index contributed by atoms with van der Waals surface area (Å²) in [6.45, 7) is 3.48. The maximum absolute atomic E-state index is 11.0. The van der Waals surface area contributed by atoms with Crippen LogP contribution in [0.5, 0.6) is 0 Å². The molecule has 0 amide bonds. The highest BCUT2D eigenvalue weighted by Gasteiger charge is 2.21. The van der Waals surface area contributed by atoms with Crippen molar-refractivity contribution < 1.29 is 19.4 Å². The van der Waals surface area contributed by atoms with Crippen LogP contribution in [0.4, 0.5) is 0 Å². The molecule has 1 aromatic rings. The van der Waals surface area contributed by atoms with Crippen molar-refractivity contribution in [2.45, 2.75) is 25.9 Å². The molecular formula is C12H16N2O4. The Labute approximate surface area is 105 Å². The summed E-state index contributed by atoms with van der Waals surface area (Å²) >= 11 is 0. The Morgan fingerprint density at radius 1 is 1.56 bits per heavy atom. The predicted octanol–water partition coefficient (Wildman–Crippen LogP) is 1.22. The van der Waals surface area contributed by atoms with Gasteiger partial charge in [-0.25, -0.2) is 14.8 Å². The van der Waals surface area contributed by atoms with Crippen molar-refractivity contribution in [3.05, 3.63) is 23.3 Å². The first-order valence-electron chi connectivity index (χ1n) is 6.00. The number of carbonyl (C=O) groups is 1. The van der Waals surface area contributed by atoms with E-state index in [9.17, 15) is 4.79 Å². The fraction of sp³-hybridized carbons (Fsp3) is 0.583. The van der Waals surface area contributed by atoms with Gasteiger partial charge in [-0.05, 0) is 6.42 Å². The summed E-state index contributed by atoms with van der Waals surface area (Å²) in [6, 6.07) is 0. The lowest BCUT2D eigenvalue weighted by Crippen LogP contribution is -2.24. The minimum Gasteiger partial charge on any atom is -0.478 e. The average Bonchev–Trinajstić information content (AvgIpc) is 2.40. The first-order chi connectivity index (χ1) is 8.72. The van der Waals surface area contributed by atoms with Crippen molar-refractivity contribution in [1.82, 2.24) is 9.97 Å². The number of aromatic nitrogens is 2. The molecule has 1 fully saturated rings. The molecular weight excluding hydrogens is 236 g/mol. The monoisotopic (exact) mass is 252 g/mol. The second-order valence-corrected chi connectivity index (χ2v) is 4.08. The number of hydrogen-bond acceptors (Lipinski definition) is 5. The highest BCUT2D eigenvalue weighted by Crippen LogP contribution is 2.19. The molecule has 98 valence electrons. The van der Waals surface area contributed by atoms with Gasteiger partial charge in [0.2, 0.25) is 0 Å². The molecule has 0 aromatic carbocycles. The number of carboxylic acid groups (broad SMARTS) is 1. The number of nitrogens with zero attached hydrogens (tertiary/aromatic N) is 2. The summed E-state index contributed by atoms with van der Waals surface area (Å²) < 4.78 is 10.8. The zero-order chi connectivity index (χ0) is 13.0. The Kier molecular flexibility index (Phi) is 4.22. The molecule has 0 spiro atoms. The molecule has 0 saturated carbocycles. The van der Waals surface area contributed by atoms with Gasteiger partial charge in [0.1, 0.15) is 6.10 Å². The van der Waals surface area contributed by atoms with Gasteiger partial charge in [0.05, 0.1) is 31.1 Å². The number of rotatable bonds is 4. The third-order valence-electron chi connectivity index (χ3n) is 2.71. The van der Waals surface area contributed by atoms with Gasteiger partial charge in [-0.1, -0.05) is 13.3 Å². The second-order valence-electron chi connectivity index (χ2n) is 4.08. The third kappa shape index (κ3) is 2.83. The van der Waals surface area contributed by atoms with Gasteiger partial charge < -0.3 is 14.6 Å². The van der Waals surface area contributed by atoms with Crippen LogP contribution in [-0.4, -0.2) is 40.9 Å². The Bertz CT molecular complexity index is 430. The number of ether oxygens (including phenoxy) is 2. The van der Waals surface area contributed by atoms with Crippen LogP contribution in [0.3, 0.4) is 0 Å². The Morgan fingerprint density at radius 3 is 3.00 bits per heavy atom. The van der Waals surface area contributed by atoms with Crippen LogP contribution < -0.4 is 0 Å². The SMILES string of the molecule is CCCc1nc(C2COCCO2)ncc1C(=O)O. The maximum atomic E-state index is 11.0. The van der Waals surface area contributed by atoms with Crippen molar-refractivity contribution in [2.75, 3.05) is 19.8 Å². The van der Waals surface area contributed by atoms with Crippen LogP contribution in [0, 0.1) is 0 Å². The molecule has 18 heavy (non-hydrogen) atoms. The van der Waals surface area contributed by atoms with E-state index in [4.69, 9.17) is 14.6 Å². The molecule has 1 N–H and O–H groups in total. The van der Waals surface area contributed by atoms with E-state index in [-0.39, 0.29) is 11.7 Å². The van der Waals surface area contributed by atoms with Crippen molar-refractivity contribution >= 4 is 5.97 Å². The molecule has 1 unspecified atom stereocenters. The topological polar surface area (TPSA) is 81.5 Å². The third-order valence-corrected chi connectivity index (χ3v) is 2.71. The maximum Gasteiger partial charge on any atom is 0.339 e. The molecule has 1 saturated heterocycles. The van der Waals surface area contributed by atoms with Gasteiger partial charge >= 0.3 is 5.97 Å². The lowest BCUT2D eigenvalue weighted by atomic mass is 10.1. The van der Waals surface area contributed by atoms with E-state index in [0.717, 1.165) is 6.42 Å². The summed E-state index contributed by atoms with van der Waals surface area (Å²) in [6.07, 6.45) is 2.51. The number of carboxylic acids is 1. The summed E-state index contributed by atoms with van der Waals surface area (Å²) in [7, 11) is 0. The van der Waals surface area contributed by atoms with Crippen LogP contribution >= 0.6 is 0 Å². The predicted molar refractivity (Wildman–Crippen MR) is 62.5 cm³/mol. The highest BCUT2D eigenvalue weighted by atomic mass is 16.6. The summed E-state index contributed by atoms with van der Waals surface area (Å²) in [5.74, 6) is -0.492. The quantitative estimate of drug-likeness (QED) is 0.867. The minimum absolute atomic E-state index is 0.164. The molecule has 6 nitrogen and oxygen atoms in total. The minimum atomic E-state index is -0.995. The lowest BCUT2D eigenvalue weighted by Gasteiger charge is -2.22. The molecule has 1 aromatic heterocycles. The second kappa shape index (κ2) is 5.88. The molecule has 2 rings (SSSR count). The van der Waals surface area contributed by atoms with Crippen molar-refractivity contribution in [2.24, 2.45) is 0 Å². The van der Waals surface area contributed by atoms with Crippen molar-refractivity contribution in [3.8, 4) is 0 Å². The summed E-state index contributed by atoms with van der Waals surface area (Å²) in [5, 5.41) is 9.06. The summed E-state index contributed by atoms with van der Waals surface area (Å²) in [4.78, 5) is 19.4. The molecule has 1 aliphatic rings. The van der Waals surface area contributed by atoms with Crippen LogP contribution in [0.2, 0.25) is 0 Å². The number of aryl methyl sites for hydroxylation is 1. The fourth-order valence-electron chi connectivity index (χ4n) is 1.83. The van der Waals surface area contributed by atoms with Gasteiger partial charge in [-0.3, -0.25) is 0 Å². The Morgan fingerprint density at radius 2 is 2.39 bits per heavy atom. The van der Waals surface area contributed by atoms with E-state index in [1.807, 2.05) is 6.92 Å². The Hall–Kier alpha value is -1.53. The van der Waals surface area contributed by atoms with Gasteiger partial charge in [0, 0.05) is 6.20 Å². The van der Waals surface area contributed by atoms with E-state index < -0.39 is 5.97 Å². The first-order valence-corrected chi connectivity index (χ1v) is 6.00. The summed E-state index contributed by atoms with van der Waals surface area (Å²) in [5.41, 5.74) is 0.724. The van der Waals surface area contributed by atoms with Gasteiger partial charge in [0.25, 0.3) is 0 Å². The van der Waals surface area contributed by atoms with E-state index >= 15 is 0 Å². The zero-order valence-electron chi connectivity index (χ0n) is 10.3. The average molecular weight is 252 g/mol. The molecule has 2 heterocycles.